The SMILES string of the molecule is CCN(Cc1cccc(F)c1)C(=O)CCc1c(C)nc(SC)nc1C. The molecule has 0 unspecified atom stereocenters. The first kappa shape index (κ1) is 19.4. The van der Waals surface area contributed by atoms with Gasteiger partial charge in [0, 0.05) is 30.9 Å². The molecule has 0 N–H and O–H groups in total. The summed E-state index contributed by atoms with van der Waals surface area (Å²) in [6, 6.07) is 6.38. The molecule has 0 saturated carbocycles. The van der Waals surface area contributed by atoms with E-state index in [1.54, 1.807) is 11.0 Å². The fourth-order valence-electron chi connectivity index (χ4n) is 2.78. The number of hydrogen-bond donors (Lipinski definition) is 0. The van der Waals surface area contributed by atoms with Gasteiger partial charge in [-0.15, -0.1) is 0 Å². The number of rotatable bonds is 7. The van der Waals surface area contributed by atoms with Gasteiger partial charge in [0.05, 0.1) is 0 Å². The number of nitrogens with zero attached hydrogens (tertiary/aromatic N) is 3. The second-order valence-electron chi connectivity index (χ2n) is 5.90. The average Bonchev–Trinajstić information content (AvgIpc) is 2.58. The lowest BCUT2D eigenvalue weighted by atomic mass is 10.1. The van der Waals surface area contributed by atoms with E-state index in [-0.39, 0.29) is 11.7 Å². The molecule has 2 rings (SSSR count). The van der Waals surface area contributed by atoms with Gasteiger partial charge < -0.3 is 4.90 Å². The first-order chi connectivity index (χ1) is 11.9. The van der Waals surface area contributed by atoms with Crippen LogP contribution in [0.25, 0.3) is 0 Å². The molecule has 0 aliphatic heterocycles. The number of amides is 1. The summed E-state index contributed by atoms with van der Waals surface area (Å²) in [5.41, 5.74) is 3.69. The van der Waals surface area contributed by atoms with Crippen LogP contribution in [0.2, 0.25) is 0 Å². The van der Waals surface area contributed by atoms with E-state index in [1.165, 1.54) is 23.9 Å². The first-order valence-electron chi connectivity index (χ1n) is 8.35. The molecule has 6 heteroatoms. The Bertz CT molecular complexity index is 728. The second kappa shape index (κ2) is 8.94. The maximum atomic E-state index is 13.3. The lowest BCUT2D eigenvalue weighted by molar-refractivity contribution is -0.131. The second-order valence-corrected chi connectivity index (χ2v) is 6.67. The fourth-order valence-corrected chi connectivity index (χ4v) is 3.24. The van der Waals surface area contributed by atoms with Crippen molar-refractivity contribution < 1.29 is 9.18 Å². The molecule has 0 spiro atoms. The Labute approximate surface area is 152 Å². The number of hydrogen-bond acceptors (Lipinski definition) is 4. The Balaban J connectivity index is 2.03. The van der Waals surface area contributed by atoms with Crippen molar-refractivity contribution >= 4 is 17.7 Å². The Morgan fingerprint density at radius 2 is 1.92 bits per heavy atom. The third kappa shape index (κ3) is 5.26. The number of carbonyl (C=O) groups is 1. The molecule has 1 aromatic carbocycles. The zero-order valence-corrected chi connectivity index (χ0v) is 16.0. The predicted octanol–water partition coefficient (Wildman–Crippen LogP) is 3.94. The Kier molecular flexibility index (Phi) is 6.93. The third-order valence-corrected chi connectivity index (χ3v) is 4.72. The maximum absolute atomic E-state index is 13.3. The van der Waals surface area contributed by atoms with Gasteiger partial charge >= 0.3 is 0 Å². The van der Waals surface area contributed by atoms with E-state index in [0.717, 1.165) is 27.7 Å². The van der Waals surface area contributed by atoms with Crippen LogP contribution in [0.3, 0.4) is 0 Å². The van der Waals surface area contributed by atoms with Crippen LogP contribution < -0.4 is 0 Å². The van der Waals surface area contributed by atoms with Crippen LogP contribution >= 0.6 is 11.8 Å². The van der Waals surface area contributed by atoms with E-state index >= 15 is 0 Å². The van der Waals surface area contributed by atoms with Crippen molar-refractivity contribution in [3.63, 3.8) is 0 Å². The molecule has 0 fully saturated rings. The molecule has 134 valence electrons. The van der Waals surface area contributed by atoms with Crippen molar-refractivity contribution in [3.05, 3.63) is 52.6 Å². The fraction of sp³-hybridized carbons (Fsp3) is 0.421. The highest BCUT2D eigenvalue weighted by molar-refractivity contribution is 7.98. The van der Waals surface area contributed by atoms with E-state index in [2.05, 4.69) is 9.97 Å². The molecule has 0 aliphatic rings. The largest absolute Gasteiger partial charge is 0.339 e. The van der Waals surface area contributed by atoms with Gasteiger partial charge in [0.25, 0.3) is 0 Å². The monoisotopic (exact) mass is 361 g/mol. The quantitative estimate of drug-likeness (QED) is 0.554. The van der Waals surface area contributed by atoms with E-state index in [4.69, 9.17) is 0 Å². The summed E-state index contributed by atoms with van der Waals surface area (Å²) in [5.74, 6) is -0.224. The van der Waals surface area contributed by atoms with Crippen LogP contribution in [0.4, 0.5) is 4.39 Å². The van der Waals surface area contributed by atoms with Gasteiger partial charge in [-0.3, -0.25) is 4.79 Å². The lowest BCUT2D eigenvalue weighted by Gasteiger charge is -2.21. The van der Waals surface area contributed by atoms with Crippen LogP contribution in [-0.4, -0.2) is 33.6 Å². The molecule has 4 nitrogen and oxygen atoms in total. The molecule has 1 heterocycles. The minimum absolute atomic E-state index is 0.0551. The number of benzene rings is 1. The summed E-state index contributed by atoms with van der Waals surface area (Å²) in [6.07, 6.45) is 2.96. The minimum Gasteiger partial charge on any atom is -0.339 e. The number of thioether (sulfide) groups is 1. The van der Waals surface area contributed by atoms with Crippen LogP contribution in [0.5, 0.6) is 0 Å². The molecule has 1 amide bonds. The number of halogens is 1. The lowest BCUT2D eigenvalue weighted by Crippen LogP contribution is -2.30. The molecule has 0 radical (unpaired) electrons. The average molecular weight is 361 g/mol. The smallest absolute Gasteiger partial charge is 0.223 e. The van der Waals surface area contributed by atoms with E-state index in [0.29, 0.717) is 25.9 Å². The molecule has 2 aromatic rings. The predicted molar refractivity (Wildman–Crippen MR) is 99.1 cm³/mol. The summed E-state index contributed by atoms with van der Waals surface area (Å²) >= 11 is 1.51. The highest BCUT2D eigenvalue weighted by Gasteiger charge is 2.15. The minimum atomic E-state index is -0.279. The third-order valence-electron chi connectivity index (χ3n) is 4.17. The van der Waals surface area contributed by atoms with Crippen molar-refractivity contribution in [2.24, 2.45) is 0 Å². The summed E-state index contributed by atoms with van der Waals surface area (Å²) in [4.78, 5) is 23.2. The van der Waals surface area contributed by atoms with Crippen molar-refractivity contribution in [1.82, 2.24) is 14.9 Å². The molecular formula is C19H24FN3OS. The Hall–Kier alpha value is -1.95. The van der Waals surface area contributed by atoms with Gasteiger partial charge in [-0.2, -0.15) is 0 Å². The van der Waals surface area contributed by atoms with Crippen LogP contribution in [0.1, 0.15) is 35.9 Å². The van der Waals surface area contributed by atoms with Gasteiger partial charge in [-0.05, 0) is 56.7 Å². The molecule has 0 bridgehead atoms. The number of carbonyl (C=O) groups excluding carboxylic acids is 1. The Morgan fingerprint density at radius 3 is 2.48 bits per heavy atom. The topological polar surface area (TPSA) is 46.1 Å². The van der Waals surface area contributed by atoms with Gasteiger partial charge in [0.1, 0.15) is 5.82 Å². The Morgan fingerprint density at radius 1 is 1.24 bits per heavy atom. The zero-order valence-electron chi connectivity index (χ0n) is 15.2. The number of aromatic nitrogens is 2. The van der Waals surface area contributed by atoms with Gasteiger partial charge in [0.15, 0.2) is 5.16 Å². The summed E-state index contributed by atoms with van der Waals surface area (Å²) < 4.78 is 13.3. The van der Waals surface area contributed by atoms with Gasteiger partial charge in [-0.1, -0.05) is 23.9 Å². The highest BCUT2D eigenvalue weighted by Crippen LogP contribution is 2.18. The van der Waals surface area contributed by atoms with Crippen LogP contribution in [-0.2, 0) is 17.8 Å². The van der Waals surface area contributed by atoms with Crippen molar-refractivity contribution in [2.75, 3.05) is 12.8 Å². The molecule has 0 saturated heterocycles. The van der Waals surface area contributed by atoms with Crippen molar-refractivity contribution in [1.29, 1.82) is 0 Å². The summed E-state index contributed by atoms with van der Waals surface area (Å²) in [6.45, 7) is 6.86. The van der Waals surface area contributed by atoms with E-state index in [1.807, 2.05) is 33.1 Å². The molecule has 1 aromatic heterocycles. The molecule has 25 heavy (non-hydrogen) atoms. The van der Waals surface area contributed by atoms with Crippen molar-refractivity contribution in [2.45, 2.75) is 45.3 Å². The zero-order chi connectivity index (χ0) is 18.4. The van der Waals surface area contributed by atoms with Crippen molar-refractivity contribution in [3.8, 4) is 0 Å². The van der Waals surface area contributed by atoms with Gasteiger partial charge in [-0.25, -0.2) is 14.4 Å². The summed E-state index contributed by atoms with van der Waals surface area (Å²) in [7, 11) is 0. The molecule has 0 aliphatic carbocycles. The molecular weight excluding hydrogens is 337 g/mol. The maximum Gasteiger partial charge on any atom is 0.223 e. The standard InChI is InChI=1S/C19H24FN3OS/c1-5-23(12-15-7-6-8-16(20)11-15)18(24)10-9-17-13(2)21-19(25-4)22-14(17)3/h6-8,11H,5,9-10,12H2,1-4H3. The number of aryl methyl sites for hydroxylation is 2. The van der Waals surface area contributed by atoms with E-state index < -0.39 is 0 Å². The van der Waals surface area contributed by atoms with Crippen LogP contribution in [0, 0.1) is 19.7 Å². The van der Waals surface area contributed by atoms with Crippen LogP contribution in [0.15, 0.2) is 29.4 Å². The highest BCUT2D eigenvalue weighted by atomic mass is 32.2. The van der Waals surface area contributed by atoms with Gasteiger partial charge in [0.2, 0.25) is 5.91 Å². The van der Waals surface area contributed by atoms with E-state index in [9.17, 15) is 9.18 Å². The molecule has 0 atom stereocenters. The normalized spacial score (nSPS) is 10.8. The first-order valence-corrected chi connectivity index (χ1v) is 9.57. The summed E-state index contributed by atoms with van der Waals surface area (Å²) in [5, 5.41) is 0.756.